The minimum Gasteiger partial charge on any atom is -0.478 e. The maximum Gasteiger partial charge on any atom is 0.410 e. The number of aromatic nitrogens is 2. The third kappa shape index (κ3) is 4.71. The highest BCUT2D eigenvalue weighted by atomic mass is 16.6. The van der Waals surface area contributed by atoms with Crippen LogP contribution in [0.1, 0.15) is 33.3 Å². The summed E-state index contributed by atoms with van der Waals surface area (Å²) < 4.78 is 10.7. The summed E-state index contributed by atoms with van der Waals surface area (Å²) in [6.45, 7) is 9.81. The van der Waals surface area contributed by atoms with E-state index >= 15 is 0 Å². The Labute approximate surface area is 147 Å². The molecule has 1 aliphatic heterocycles. The highest BCUT2D eigenvalue weighted by Gasteiger charge is 2.28. The highest BCUT2D eigenvalue weighted by molar-refractivity contribution is 6.01. The lowest BCUT2D eigenvalue weighted by atomic mass is 10.2. The fourth-order valence-electron chi connectivity index (χ4n) is 2.49. The van der Waals surface area contributed by atoms with Gasteiger partial charge in [-0.1, -0.05) is 0 Å². The van der Waals surface area contributed by atoms with Crippen molar-refractivity contribution in [2.24, 2.45) is 0 Å². The number of anilines is 2. The maximum atomic E-state index is 12.2. The van der Waals surface area contributed by atoms with Gasteiger partial charge in [0.1, 0.15) is 29.1 Å². The van der Waals surface area contributed by atoms with Gasteiger partial charge in [-0.25, -0.2) is 14.8 Å². The summed E-state index contributed by atoms with van der Waals surface area (Å²) in [5.41, 5.74) is 5.79. The Hall–Kier alpha value is -2.58. The maximum absolute atomic E-state index is 12.2. The van der Waals surface area contributed by atoms with Crippen LogP contribution in [0.3, 0.4) is 0 Å². The number of nitrogens with two attached hydrogens (primary N) is 1. The summed E-state index contributed by atoms with van der Waals surface area (Å²) in [6, 6.07) is 0. The normalized spacial score (nSPS) is 15.0. The van der Waals surface area contributed by atoms with Crippen molar-refractivity contribution in [3.63, 3.8) is 0 Å². The van der Waals surface area contributed by atoms with Gasteiger partial charge in [0.15, 0.2) is 0 Å². The smallest absolute Gasteiger partial charge is 0.410 e. The van der Waals surface area contributed by atoms with E-state index in [0.29, 0.717) is 44.2 Å². The number of hydrogen-bond donors (Lipinski definition) is 2. The van der Waals surface area contributed by atoms with Gasteiger partial charge in [0.05, 0.1) is 6.61 Å². The van der Waals surface area contributed by atoms with Gasteiger partial charge < -0.3 is 25.0 Å². The molecule has 1 aromatic heterocycles. The minimum atomic E-state index is -0.519. The van der Waals surface area contributed by atoms with Crippen LogP contribution in [0.15, 0.2) is 6.33 Å². The summed E-state index contributed by atoms with van der Waals surface area (Å²) in [7, 11) is 0. The molecule has 0 bridgehead atoms. The fraction of sp³-hybridized carbons (Fsp3) is 0.625. The number of hydrogen-bond acceptors (Lipinski definition) is 8. The van der Waals surface area contributed by atoms with Crippen LogP contribution in [-0.2, 0) is 9.47 Å². The minimum absolute atomic E-state index is 0.0508. The monoisotopic (exact) mass is 350 g/mol. The van der Waals surface area contributed by atoms with Crippen molar-refractivity contribution in [1.82, 2.24) is 14.9 Å². The van der Waals surface area contributed by atoms with E-state index in [1.165, 1.54) is 6.33 Å². The van der Waals surface area contributed by atoms with Crippen molar-refractivity contribution >= 4 is 23.6 Å². The van der Waals surface area contributed by atoms with E-state index in [4.69, 9.17) is 20.6 Å². The van der Waals surface area contributed by atoms with Crippen molar-refractivity contribution in [3.8, 4) is 0 Å². The number of carbonyl (C=O) groups is 1. The number of rotatable bonds is 3. The number of nitrogens with zero attached hydrogens (tertiary/aromatic N) is 4. The van der Waals surface area contributed by atoms with Crippen molar-refractivity contribution in [3.05, 3.63) is 11.9 Å². The molecule has 9 nitrogen and oxygen atoms in total. The second-order valence-corrected chi connectivity index (χ2v) is 6.67. The molecule has 1 fully saturated rings. The fourth-order valence-corrected chi connectivity index (χ4v) is 2.49. The molecule has 3 N–H and O–H groups in total. The first-order valence-electron chi connectivity index (χ1n) is 8.28. The Morgan fingerprint density at radius 3 is 2.48 bits per heavy atom. The number of piperazine rings is 1. The zero-order valence-corrected chi connectivity index (χ0v) is 15.2. The zero-order chi connectivity index (χ0) is 18.6. The molecule has 0 atom stereocenters. The largest absolute Gasteiger partial charge is 0.478 e. The predicted octanol–water partition coefficient (Wildman–Crippen LogP) is 1.48. The molecule has 138 valence electrons. The molecule has 0 radical (unpaired) electrons. The molecular formula is C16H26N6O3. The average Bonchev–Trinajstić information content (AvgIpc) is 2.53. The van der Waals surface area contributed by atoms with Crippen LogP contribution in [0.4, 0.5) is 16.4 Å². The van der Waals surface area contributed by atoms with Crippen LogP contribution in [0.25, 0.3) is 0 Å². The summed E-state index contributed by atoms with van der Waals surface area (Å²) in [6.07, 6.45) is 1.05. The van der Waals surface area contributed by atoms with E-state index in [0.717, 1.165) is 0 Å². The van der Waals surface area contributed by atoms with Crippen LogP contribution in [0, 0.1) is 5.41 Å². The van der Waals surface area contributed by atoms with Gasteiger partial charge in [0.25, 0.3) is 0 Å². The summed E-state index contributed by atoms with van der Waals surface area (Å²) in [5.74, 6) is 0.706. The van der Waals surface area contributed by atoms with Gasteiger partial charge in [-0.3, -0.25) is 5.41 Å². The van der Waals surface area contributed by atoms with Crippen molar-refractivity contribution < 1.29 is 14.3 Å². The number of nitrogens with one attached hydrogen (secondary N) is 1. The topological polar surface area (TPSA) is 118 Å². The van der Waals surface area contributed by atoms with Crippen LogP contribution in [0.2, 0.25) is 0 Å². The molecule has 2 rings (SSSR count). The van der Waals surface area contributed by atoms with Gasteiger partial charge in [-0.2, -0.15) is 0 Å². The summed E-state index contributed by atoms with van der Waals surface area (Å²) in [4.78, 5) is 24.0. The molecule has 25 heavy (non-hydrogen) atoms. The molecule has 0 aromatic carbocycles. The van der Waals surface area contributed by atoms with Gasteiger partial charge in [-0.05, 0) is 27.7 Å². The van der Waals surface area contributed by atoms with Gasteiger partial charge in [0.2, 0.25) is 5.90 Å². The first-order valence-corrected chi connectivity index (χ1v) is 8.28. The molecule has 1 aromatic rings. The van der Waals surface area contributed by atoms with Gasteiger partial charge >= 0.3 is 6.09 Å². The van der Waals surface area contributed by atoms with Crippen LogP contribution in [-0.4, -0.2) is 65.2 Å². The number of carbonyl (C=O) groups excluding carboxylic acids is 1. The van der Waals surface area contributed by atoms with Gasteiger partial charge in [0, 0.05) is 26.2 Å². The average molecular weight is 350 g/mol. The zero-order valence-electron chi connectivity index (χ0n) is 15.2. The highest BCUT2D eigenvalue weighted by Crippen LogP contribution is 2.24. The third-order valence-electron chi connectivity index (χ3n) is 3.60. The summed E-state index contributed by atoms with van der Waals surface area (Å²) in [5, 5.41) is 8.04. The molecule has 1 aliphatic rings. The lowest BCUT2D eigenvalue weighted by Gasteiger charge is -2.36. The van der Waals surface area contributed by atoms with E-state index in [1.807, 2.05) is 25.7 Å². The second kappa shape index (κ2) is 7.54. The standard InChI is InChI=1S/C16H26N6O3/c1-5-24-13(18)11-12(17)19-10-20-14(11)21-6-8-22(9-7-21)15(23)25-16(2,3)4/h10,18H,5-9H2,1-4H3,(H2,17,19,20). The van der Waals surface area contributed by atoms with Crippen molar-refractivity contribution in [1.29, 1.82) is 5.41 Å². The van der Waals surface area contributed by atoms with E-state index in [2.05, 4.69) is 9.97 Å². The predicted molar refractivity (Wildman–Crippen MR) is 94.9 cm³/mol. The number of nitrogen functional groups attached to an aromatic ring is 1. The molecule has 0 spiro atoms. The van der Waals surface area contributed by atoms with Crippen LogP contribution in [0.5, 0.6) is 0 Å². The van der Waals surface area contributed by atoms with E-state index < -0.39 is 5.60 Å². The molecule has 0 aliphatic carbocycles. The van der Waals surface area contributed by atoms with Crippen LogP contribution >= 0.6 is 0 Å². The third-order valence-corrected chi connectivity index (χ3v) is 3.60. The molecule has 9 heteroatoms. The Balaban J connectivity index is 2.10. The Morgan fingerprint density at radius 1 is 1.28 bits per heavy atom. The molecule has 0 unspecified atom stereocenters. The van der Waals surface area contributed by atoms with E-state index in [1.54, 1.807) is 11.8 Å². The molecule has 2 heterocycles. The molecule has 1 saturated heterocycles. The molecule has 1 amide bonds. The first-order chi connectivity index (χ1) is 11.7. The lowest BCUT2D eigenvalue weighted by molar-refractivity contribution is 0.0240. The van der Waals surface area contributed by atoms with E-state index in [9.17, 15) is 4.79 Å². The molecular weight excluding hydrogens is 324 g/mol. The Kier molecular flexibility index (Phi) is 5.66. The van der Waals surface area contributed by atoms with Crippen molar-refractivity contribution in [2.75, 3.05) is 43.4 Å². The Bertz CT molecular complexity index is 635. The van der Waals surface area contributed by atoms with Crippen LogP contribution < -0.4 is 10.6 Å². The Morgan fingerprint density at radius 2 is 1.92 bits per heavy atom. The van der Waals surface area contributed by atoms with Gasteiger partial charge in [-0.15, -0.1) is 0 Å². The second-order valence-electron chi connectivity index (χ2n) is 6.67. The summed E-state index contributed by atoms with van der Waals surface area (Å²) >= 11 is 0. The quantitative estimate of drug-likeness (QED) is 0.626. The first kappa shape index (κ1) is 18.8. The lowest BCUT2D eigenvalue weighted by Crippen LogP contribution is -2.50. The SMILES string of the molecule is CCOC(=N)c1c(N)ncnc1N1CCN(C(=O)OC(C)(C)C)CC1. The number of amides is 1. The number of ether oxygens (including phenoxy) is 2. The van der Waals surface area contributed by atoms with E-state index in [-0.39, 0.29) is 17.8 Å². The molecule has 0 saturated carbocycles. The van der Waals surface area contributed by atoms with Crippen molar-refractivity contribution in [2.45, 2.75) is 33.3 Å².